The molecule has 7 heteroatoms. The molecule has 6 rings (SSSR count). The van der Waals surface area contributed by atoms with E-state index < -0.39 is 0 Å². The molecular formula is C34H29Cl2N3O2. The third kappa shape index (κ3) is 5.94. The largest absolute Gasteiger partial charge is 0.457 e. The second-order valence-electron chi connectivity index (χ2n) is 10.3. The first-order chi connectivity index (χ1) is 20.0. The van der Waals surface area contributed by atoms with Gasteiger partial charge in [0.15, 0.2) is 0 Å². The smallest absolute Gasteiger partial charge is 0.259 e. The van der Waals surface area contributed by atoms with Crippen molar-refractivity contribution in [1.29, 1.82) is 0 Å². The van der Waals surface area contributed by atoms with Gasteiger partial charge in [-0.3, -0.25) is 14.3 Å². The fraction of sp³-hybridized carbons (Fsp3) is 0.176. The van der Waals surface area contributed by atoms with Gasteiger partial charge in [-0.05, 0) is 47.9 Å². The van der Waals surface area contributed by atoms with E-state index >= 15 is 0 Å². The highest BCUT2D eigenvalue weighted by Crippen LogP contribution is 2.31. The zero-order chi connectivity index (χ0) is 28.3. The molecule has 0 fully saturated rings. The van der Waals surface area contributed by atoms with Crippen LogP contribution >= 0.6 is 23.2 Å². The zero-order valence-electron chi connectivity index (χ0n) is 22.6. The Morgan fingerprint density at radius 2 is 1.51 bits per heavy atom. The summed E-state index contributed by atoms with van der Waals surface area (Å²) in [7, 11) is 0. The average Bonchev–Trinajstić information content (AvgIpc) is 2.99. The highest BCUT2D eigenvalue weighted by atomic mass is 35.5. The van der Waals surface area contributed by atoms with Gasteiger partial charge >= 0.3 is 0 Å². The number of hydrogen-bond donors (Lipinski definition) is 0. The fourth-order valence-electron chi connectivity index (χ4n) is 5.51. The fourth-order valence-corrected chi connectivity index (χ4v) is 5.80. The van der Waals surface area contributed by atoms with Gasteiger partial charge < -0.3 is 4.74 Å². The van der Waals surface area contributed by atoms with Crippen LogP contribution in [0.1, 0.15) is 39.8 Å². The summed E-state index contributed by atoms with van der Waals surface area (Å²) < 4.78 is 7.89. The van der Waals surface area contributed by atoms with E-state index in [1.807, 2.05) is 66.1 Å². The quantitative estimate of drug-likeness (QED) is 0.196. The van der Waals surface area contributed by atoms with Gasteiger partial charge in [0.1, 0.15) is 17.3 Å². The van der Waals surface area contributed by atoms with E-state index in [0.29, 0.717) is 34.6 Å². The summed E-state index contributed by atoms with van der Waals surface area (Å²) in [5, 5.41) is 0.935. The number of ether oxygens (including phenoxy) is 1. The van der Waals surface area contributed by atoms with Crippen molar-refractivity contribution in [1.82, 2.24) is 14.5 Å². The molecule has 0 N–H and O–H groups in total. The molecule has 4 aromatic carbocycles. The van der Waals surface area contributed by atoms with Gasteiger partial charge in [-0.25, -0.2) is 4.98 Å². The van der Waals surface area contributed by atoms with Crippen LogP contribution in [-0.4, -0.2) is 21.0 Å². The van der Waals surface area contributed by atoms with Gasteiger partial charge in [0.05, 0.1) is 27.3 Å². The molecule has 1 aliphatic heterocycles. The van der Waals surface area contributed by atoms with Crippen molar-refractivity contribution in [3.05, 3.63) is 157 Å². The van der Waals surface area contributed by atoms with Crippen molar-refractivity contribution in [2.24, 2.45) is 0 Å². The molecule has 0 saturated heterocycles. The van der Waals surface area contributed by atoms with Crippen molar-refractivity contribution in [2.75, 3.05) is 6.54 Å². The van der Waals surface area contributed by atoms with Crippen LogP contribution < -0.4 is 10.3 Å². The summed E-state index contributed by atoms with van der Waals surface area (Å²) in [5.74, 6) is 2.07. The van der Waals surface area contributed by atoms with Crippen molar-refractivity contribution >= 4 is 23.2 Å². The van der Waals surface area contributed by atoms with E-state index in [2.05, 4.69) is 35.2 Å². The molecule has 0 unspecified atom stereocenters. The molecule has 0 bridgehead atoms. The summed E-state index contributed by atoms with van der Waals surface area (Å²) in [6, 6.07) is 33.3. The number of hydrogen-bond acceptors (Lipinski definition) is 4. The molecule has 206 valence electrons. The average molecular weight is 583 g/mol. The van der Waals surface area contributed by atoms with Crippen LogP contribution in [0.25, 0.3) is 0 Å². The van der Waals surface area contributed by atoms with Gasteiger partial charge in [-0.1, -0.05) is 96.0 Å². The number of aryl methyl sites for hydroxylation is 1. The lowest BCUT2D eigenvalue weighted by Crippen LogP contribution is -2.40. The maximum absolute atomic E-state index is 14.2. The van der Waals surface area contributed by atoms with Crippen LogP contribution in [-0.2, 0) is 19.5 Å². The molecular weight excluding hydrogens is 553 g/mol. The second-order valence-corrected chi connectivity index (χ2v) is 11.1. The number of benzene rings is 4. The summed E-state index contributed by atoms with van der Waals surface area (Å²) in [6.07, 6.45) is 0.729. The van der Waals surface area contributed by atoms with E-state index in [1.54, 1.807) is 18.2 Å². The normalized spacial score (nSPS) is 13.3. The molecule has 0 aliphatic carbocycles. The van der Waals surface area contributed by atoms with Gasteiger partial charge in [0.2, 0.25) is 0 Å². The SMILES string of the molecule is Cc1nc2c(c(=O)n1C(c1ccccc1)c1ccccc1)CN(Cc1cccc(Oc3ccc(Cl)c(Cl)c3)c1)CC2. The van der Waals surface area contributed by atoms with Gasteiger partial charge in [-0.2, -0.15) is 0 Å². The number of halogens is 2. The van der Waals surface area contributed by atoms with Crippen molar-refractivity contribution in [3.8, 4) is 11.5 Å². The minimum atomic E-state index is -0.256. The van der Waals surface area contributed by atoms with Gasteiger partial charge in [0.25, 0.3) is 5.56 Å². The second kappa shape index (κ2) is 11.9. The molecule has 0 atom stereocenters. The van der Waals surface area contributed by atoms with Crippen LogP contribution in [0.5, 0.6) is 11.5 Å². The Morgan fingerprint density at radius 1 is 0.829 bits per heavy atom. The monoisotopic (exact) mass is 581 g/mol. The molecule has 41 heavy (non-hydrogen) atoms. The van der Waals surface area contributed by atoms with Crippen LogP contribution in [0, 0.1) is 6.92 Å². The maximum atomic E-state index is 14.2. The molecule has 0 radical (unpaired) electrons. The lowest BCUT2D eigenvalue weighted by atomic mass is 9.97. The van der Waals surface area contributed by atoms with Crippen LogP contribution in [0.4, 0.5) is 0 Å². The lowest BCUT2D eigenvalue weighted by Gasteiger charge is -2.30. The third-order valence-electron chi connectivity index (χ3n) is 7.44. The van der Waals surface area contributed by atoms with Crippen LogP contribution in [0.2, 0.25) is 10.0 Å². The predicted molar refractivity (Wildman–Crippen MR) is 164 cm³/mol. The van der Waals surface area contributed by atoms with E-state index in [9.17, 15) is 4.79 Å². The molecule has 1 aliphatic rings. The Bertz CT molecular complexity index is 1700. The summed E-state index contributed by atoms with van der Waals surface area (Å²) >= 11 is 12.2. The molecule has 0 amide bonds. The van der Waals surface area contributed by atoms with Crippen molar-refractivity contribution < 1.29 is 4.74 Å². The standard InChI is InChI=1S/C34H29Cl2N3O2/c1-23-37-32-17-18-38(21-24-9-8-14-27(19-24)41-28-15-16-30(35)31(36)20-28)22-29(32)34(40)39(23)33(25-10-4-2-5-11-25)26-12-6-3-7-13-26/h2-16,19-20,33H,17-18,21-22H2,1H3. The third-order valence-corrected chi connectivity index (χ3v) is 8.18. The Kier molecular flexibility index (Phi) is 7.93. The molecule has 2 heterocycles. The number of nitrogens with zero attached hydrogens (tertiary/aromatic N) is 3. The maximum Gasteiger partial charge on any atom is 0.259 e. The van der Waals surface area contributed by atoms with Gasteiger partial charge in [0, 0.05) is 32.1 Å². The van der Waals surface area contributed by atoms with E-state index in [0.717, 1.165) is 46.7 Å². The molecule has 5 nitrogen and oxygen atoms in total. The lowest BCUT2D eigenvalue weighted by molar-refractivity contribution is 0.240. The first-order valence-corrected chi connectivity index (χ1v) is 14.4. The van der Waals surface area contributed by atoms with Crippen LogP contribution in [0.15, 0.2) is 108 Å². The van der Waals surface area contributed by atoms with E-state index in [4.69, 9.17) is 32.9 Å². The summed E-state index contributed by atoms with van der Waals surface area (Å²) in [4.78, 5) is 21.4. The Hall–Kier alpha value is -3.90. The number of aromatic nitrogens is 2. The Morgan fingerprint density at radius 3 is 2.20 bits per heavy atom. The van der Waals surface area contributed by atoms with E-state index in [1.165, 1.54) is 0 Å². The first kappa shape index (κ1) is 27.3. The summed E-state index contributed by atoms with van der Waals surface area (Å²) in [5.41, 5.74) is 4.89. The zero-order valence-corrected chi connectivity index (χ0v) is 24.1. The predicted octanol–water partition coefficient (Wildman–Crippen LogP) is 7.85. The number of fused-ring (bicyclic) bond motifs is 1. The highest BCUT2D eigenvalue weighted by Gasteiger charge is 2.27. The van der Waals surface area contributed by atoms with Crippen molar-refractivity contribution in [3.63, 3.8) is 0 Å². The van der Waals surface area contributed by atoms with Crippen molar-refractivity contribution in [2.45, 2.75) is 32.5 Å². The highest BCUT2D eigenvalue weighted by molar-refractivity contribution is 6.42. The Labute approximate surface area is 249 Å². The number of rotatable bonds is 7. The van der Waals surface area contributed by atoms with Crippen LogP contribution in [0.3, 0.4) is 0 Å². The minimum Gasteiger partial charge on any atom is -0.457 e. The summed E-state index contributed by atoms with van der Waals surface area (Å²) in [6.45, 7) is 3.98. The van der Waals surface area contributed by atoms with Gasteiger partial charge in [-0.15, -0.1) is 0 Å². The first-order valence-electron chi connectivity index (χ1n) is 13.6. The Balaban J connectivity index is 1.28. The topological polar surface area (TPSA) is 47.4 Å². The van der Waals surface area contributed by atoms with E-state index in [-0.39, 0.29) is 11.6 Å². The molecule has 5 aromatic rings. The molecule has 0 saturated carbocycles. The molecule has 1 aromatic heterocycles. The molecule has 0 spiro atoms. The minimum absolute atomic E-state index is 0.0200.